The first kappa shape index (κ1) is 32.4. The van der Waals surface area contributed by atoms with Crippen molar-refractivity contribution in [3.05, 3.63) is 206 Å². The van der Waals surface area contributed by atoms with Crippen LogP contribution in [0.3, 0.4) is 0 Å². The van der Waals surface area contributed by atoms with E-state index in [4.69, 9.17) is 9.97 Å². The SMILES string of the molecule is c1ccc(-c2ccc(-c3nc(-n4c5ccccc5c5cc6ccccc6c(-c6ccc7c(c6)c6ccccc6n7-c6ccccc6)c54)nc4ccccc34)cc2)cc1. The number of hydrogen-bond donors (Lipinski definition) is 0. The van der Waals surface area contributed by atoms with E-state index < -0.39 is 0 Å². The minimum atomic E-state index is 0.644. The first-order valence-electron chi connectivity index (χ1n) is 19.8. The molecule has 0 aliphatic carbocycles. The van der Waals surface area contributed by atoms with Crippen LogP contribution in [0.1, 0.15) is 0 Å². The van der Waals surface area contributed by atoms with Crippen LogP contribution >= 0.6 is 0 Å². The molecule has 0 amide bonds. The molecule has 12 aromatic rings. The number of hydrogen-bond acceptors (Lipinski definition) is 2. The smallest absolute Gasteiger partial charge is 0.235 e. The van der Waals surface area contributed by atoms with Crippen molar-refractivity contribution in [2.45, 2.75) is 0 Å². The van der Waals surface area contributed by atoms with Gasteiger partial charge in [-0.05, 0) is 76.0 Å². The quantitative estimate of drug-likeness (QED) is 0.176. The summed E-state index contributed by atoms with van der Waals surface area (Å²) in [6.45, 7) is 0. The normalized spacial score (nSPS) is 11.8. The van der Waals surface area contributed by atoms with Crippen LogP contribution in [0.25, 0.3) is 110 Å². The van der Waals surface area contributed by atoms with Gasteiger partial charge in [-0.25, -0.2) is 9.97 Å². The summed E-state index contributed by atoms with van der Waals surface area (Å²) in [5.74, 6) is 0.644. The van der Waals surface area contributed by atoms with E-state index in [-0.39, 0.29) is 0 Å². The average Bonchev–Trinajstić information content (AvgIpc) is 3.81. The Morgan fingerprint density at radius 2 is 0.879 bits per heavy atom. The molecular weight excluding hydrogens is 705 g/mol. The monoisotopic (exact) mass is 738 g/mol. The van der Waals surface area contributed by atoms with Crippen molar-refractivity contribution in [3.63, 3.8) is 0 Å². The van der Waals surface area contributed by atoms with Gasteiger partial charge in [-0.3, -0.25) is 4.57 Å². The molecule has 12 rings (SSSR count). The summed E-state index contributed by atoms with van der Waals surface area (Å²) < 4.78 is 4.68. The fourth-order valence-electron chi connectivity index (χ4n) is 9.11. The third-order valence-electron chi connectivity index (χ3n) is 11.7. The molecule has 0 saturated heterocycles. The molecule has 0 bridgehead atoms. The second kappa shape index (κ2) is 12.9. The van der Waals surface area contributed by atoms with Crippen LogP contribution in [0.4, 0.5) is 0 Å². The molecule has 0 N–H and O–H groups in total. The highest BCUT2D eigenvalue weighted by molar-refractivity contribution is 6.22. The zero-order chi connectivity index (χ0) is 38.2. The molecule has 0 fully saturated rings. The molecule has 0 atom stereocenters. The van der Waals surface area contributed by atoms with E-state index in [1.165, 1.54) is 49.1 Å². The van der Waals surface area contributed by atoms with Crippen molar-refractivity contribution in [1.29, 1.82) is 0 Å². The maximum absolute atomic E-state index is 5.51. The highest BCUT2D eigenvalue weighted by Gasteiger charge is 2.23. The highest BCUT2D eigenvalue weighted by atomic mass is 15.2. The summed E-state index contributed by atoms with van der Waals surface area (Å²) in [6.07, 6.45) is 0. The highest BCUT2D eigenvalue weighted by Crippen LogP contribution is 2.44. The second-order valence-corrected chi connectivity index (χ2v) is 15.0. The number of nitrogens with zero attached hydrogens (tertiary/aromatic N) is 4. The standard InChI is InChI=1S/C54H34N4/c1-3-15-35(16-4-1)36-27-29-37(30-28-36)52-44-23-9-12-24-47(44)55-54(56-52)58-49-26-14-11-22-43(49)46-33-38-17-7-8-20-41(38)51(53(46)58)39-31-32-50-45(34-39)42-21-10-13-25-48(42)57(50)40-18-5-2-6-19-40/h1-34H. The number of benzene rings is 9. The molecule has 9 aromatic carbocycles. The van der Waals surface area contributed by atoms with Gasteiger partial charge in [0, 0.05) is 43.7 Å². The summed E-state index contributed by atoms with van der Waals surface area (Å²) in [4.78, 5) is 10.9. The van der Waals surface area contributed by atoms with E-state index in [0.29, 0.717) is 5.95 Å². The van der Waals surface area contributed by atoms with Gasteiger partial charge in [0.25, 0.3) is 0 Å². The van der Waals surface area contributed by atoms with Gasteiger partial charge in [0.05, 0.1) is 33.3 Å². The molecule has 3 aromatic heterocycles. The largest absolute Gasteiger partial charge is 0.309 e. The Kier molecular flexibility index (Phi) is 7.20. The van der Waals surface area contributed by atoms with Gasteiger partial charge < -0.3 is 4.57 Å². The van der Waals surface area contributed by atoms with Crippen LogP contribution in [0.2, 0.25) is 0 Å². The molecule has 0 unspecified atom stereocenters. The Bertz CT molecular complexity index is 3540. The van der Waals surface area contributed by atoms with E-state index in [1.807, 2.05) is 0 Å². The zero-order valence-corrected chi connectivity index (χ0v) is 31.4. The fraction of sp³-hybridized carbons (Fsp3) is 0. The Morgan fingerprint density at radius 3 is 1.66 bits per heavy atom. The molecule has 58 heavy (non-hydrogen) atoms. The van der Waals surface area contributed by atoms with Gasteiger partial charge in [0.2, 0.25) is 5.95 Å². The van der Waals surface area contributed by atoms with E-state index >= 15 is 0 Å². The summed E-state index contributed by atoms with van der Waals surface area (Å²) in [7, 11) is 0. The van der Waals surface area contributed by atoms with Crippen molar-refractivity contribution in [2.24, 2.45) is 0 Å². The predicted molar refractivity (Wildman–Crippen MR) is 242 cm³/mol. The maximum atomic E-state index is 5.51. The van der Waals surface area contributed by atoms with Gasteiger partial charge in [-0.2, -0.15) is 0 Å². The summed E-state index contributed by atoms with van der Waals surface area (Å²) >= 11 is 0. The van der Waals surface area contributed by atoms with Crippen LogP contribution in [-0.4, -0.2) is 19.1 Å². The van der Waals surface area contributed by atoms with E-state index in [2.05, 4.69) is 215 Å². The lowest BCUT2D eigenvalue weighted by Crippen LogP contribution is -2.04. The minimum absolute atomic E-state index is 0.644. The van der Waals surface area contributed by atoms with Gasteiger partial charge >= 0.3 is 0 Å². The topological polar surface area (TPSA) is 35.6 Å². The number of fused-ring (bicyclic) bond motifs is 8. The van der Waals surface area contributed by atoms with E-state index in [9.17, 15) is 0 Å². The van der Waals surface area contributed by atoms with Crippen LogP contribution in [-0.2, 0) is 0 Å². The third kappa shape index (κ3) is 4.95. The van der Waals surface area contributed by atoms with Crippen molar-refractivity contribution in [3.8, 4) is 45.1 Å². The number of aromatic nitrogens is 4. The summed E-state index contributed by atoms with van der Waals surface area (Å²) in [5.41, 5.74) is 13.2. The van der Waals surface area contributed by atoms with Crippen molar-refractivity contribution in [2.75, 3.05) is 0 Å². The Labute approximate surface area is 334 Å². The molecule has 4 heteroatoms. The van der Waals surface area contributed by atoms with Crippen molar-refractivity contribution >= 4 is 65.3 Å². The molecule has 3 heterocycles. The van der Waals surface area contributed by atoms with Crippen LogP contribution in [0, 0.1) is 0 Å². The average molecular weight is 739 g/mol. The fourth-order valence-corrected chi connectivity index (χ4v) is 9.11. The lowest BCUT2D eigenvalue weighted by molar-refractivity contribution is 1.01. The molecule has 270 valence electrons. The lowest BCUT2D eigenvalue weighted by Gasteiger charge is -2.16. The Balaban J connectivity index is 1.16. The molecular formula is C54H34N4. The third-order valence-corrected chi connectivity index (χ3v) is 11.7. The lowest BCUT2D eigenvalue weighted by atomic mass is 9.94. The van der Waals surface area contributed by atoms with Gasteiger partial charge in [-0.15, -0.1) is 0 Å². The second-order valence-electron chi connectivity index (χ2n) is 15.0. The van der Waals surface area contributed by atoms with Crippen molar-refractivity contribution < 1.29 is 0 Å². The van der Waals surface area contributed by atoms with Crippen LogP contribution < -0.4 is 0 Å². The number of para-hydroxylation sites is 4. The summed E-state index contributed by atoms with van der Waals surface area (Å²) in [6, 6.07) is 73.8. The minimum Gasteiger partial charge on any atom is -0.309 e. The van der Waals surface area contributed by atoms with E-state index in [1.54, 1.807) is 0 Å². The van der Waals surface area contributed by atoms with Crippen molar-refractivity contribution in [1.82, 2.24) is 19.1 Å². The first-order valence-corrected chi connectivity index (χ1v) is 19.8. The first-order chi connectivity index (χ1) is 28.8. The van der Waals surface area contributed by atoms with Crippen LogP contribution in [0.15, 0.2) is 206 Å². The van der Waals surface area contributed by atoms with Crippen LogP contribution in [0.5, 0.6) is 0 Å². The molecule has 0 radical (unpaired) electrons. The van der Waals surface area contributed by atoms with Gasteiger partial charge in [0.1, 0.15) is 0 Å². The molecule has 0 aliphatic rings. The number of rotatable bonds is 5. The van der Waals surface area contributed by atoms with Gasteiger partial charge in [-0.1, -0.05) is 158 Å². The van der Waals surface area contributed by atoms with E-state index in [0.717, 1.165) is 55.4 Å². The molecule has 0 saturated carbocycles. The molecule has 4 nitrogen and oxygen atoms in total. The maximum Gasteiger partial charge on any atom is 0.235 e. The molecule has 0 spiro atoms. The molecule has 0 aliphatic heterocycles. The zero-order valence-electron chi connectivity index (χ0n) is 31.4. The predicted octanol–water partition coefficient (Wildman–Crippen LogP) is 14.0. The summed E-state index contributed by atoms with van der Waals surface area (Å²) in [5, 5.41) is 8.16. The Morgan fingerprint density at radius 1 is 0.328 bits per heavy atom. The Hall–Kier alpha value is -7.82. The van der Waals surface area contributed by atoms with Gasteiger partial charge in [0.15, 0.2) is 0 Å².